The van der Waals surface area contributed by atoms with Crippen LogP contribution in [0, 0.1) is 0 Å². The molecule has 3 rings (SSSR count). The SMILES string of the molecule is CC(NC(=O)c1cc2n(n1)CCCN(C(C)C)C2)c1ccncn1. The molecule has 0 bridgehead atoms. The molecule has 0 fully saturated rings. The first-order valence-electron chi connectivity index (χ1n) is 8.42. The van der Waals surface area contributed by atoms with Crippen LogP contribution in [-0.4, -0.2) is 43.1 Å². The van der Waals surface area contributed by atoms with Crippen molar-refractivity contribution in [3.05, 3.63) is 41.7 Å². The first kappa shape index (κ1) is 16.6. The van der Waals surface area contributed by atoms with Crippen LogP contribution in [0.1, 0.15) is 55.1 Å². The Bertz CT molecular complexity index is 696. The van der Waals surface area contributed by atoms with Crippen molar-refractivity contribution >= 4 is 5.91 Å². The maximum atomic E-state index is 12.5. The van der Waals surface area contributed by atoms with Crippen LogP contribution in [0.2, 0.25) is 0 Å². The van der Waals surface area contributed by atoms with Crippen LogP contribution >= 0.6 is 0 Å². The Kier molecular flexibility index (Phi) is 4.89. The molecular weight excluding hydrogens is 304 g/mol. The highest BCUT2D eigenvalue weighted by atomic mass is 16.2. The van der Waals surface area contributed by atoms with Crippen LogP contribution in [0.25, 0.3) is 0 Å². The maximum Gasteiger partial charge on any atom is 0.272 e. The molecule has 1 aliphatic heterocycles. The van der Waals surface area contributed by atoms with E-state index in [0.717, 1.165) is 37.4 Å². The Morgan fingerprint density at radius 2 is 2.12 bits per heavy atom. The summed E-state index contributed by atoms with van der Waals surface area (Å²) in [6.45, 7) is 9.05. The van der Waals surface area contributed by atoms with Crippen molar-refractivity contribution in [2.24, 2.45) is 0 Å². The molecule has 1 atom stereocenters. The number of aryl methyl sites for hydroxylation is 1. The minimum atomic E-state index is -0.186. The van der Waals surface area contributed by atoms with E-state index in [9.17, 15) is 4.79 Å². The Balaban J connectivity index is 1.72. The van der Waals surface area contributed by atoms with Gasteiger partial charge < -0.3 is 5.32 Å². The Labute approximate surface area is 142 Å². The van der Waals surface area contributed by atoms with Crippen LogP contribution in [0.3, 0.4) is 0 Å². The lowest BCUT2D eigenvalue weighted by Gasteiger charge is -2.23. The summed E-state index contributed by atoms with van der Waals surface area (Å²) in [5.74, 6) is -0.169. The minimum Gasteiger partial charge on any atom is -0.343 e. The number of fused-ring (bicyclic) bond motifs is 1. The molecule has 0 saturated heterocycles. The molecule has 1 amide bonds. The molecule has 2 aromatic heterocycles. The maximum absolute atomic E-state index is 12.5. The molecule has 7 nitrogen and oxygen atoms in total. The van der Waals surface area contributed by atoms with Gasteiger partial charge in [-0.15, -0.1) is 0 Å². The van der Waals surface area contributed by atoms with E-state index in [1.54, 1.807) is 12.3 Å². The number of nitrogens with one attached hydrogen (secondary N) is 1. The molecule has 2 aromatic rings. The van der Waals surface area contributed by atoms with Gasteiger partial charge in [0, 0.05) is 31.9 Å². The lowest BCUT2D eigenvalue weighted by atomic mass is 10.2. The number of carbonyl (C=O) groups is 1. The highest BCUT2D eigenvalue weighted by Crippen LogP contribution is 2.16. The van der Waals surface area contributed by atoms with E-state index >= 15 is 0 Å². The van der Waals surface area contributed by atoms with Gasteiger partial charge in [-0.25, -0.2) is 9.97 Å². The van der Waals surface area contributed by atoms with Crippen LogP contribution in [-0.2, 0) is 13.1 Å². The summed E-state index contributed by atoms with van der Waals surface area (Å²) in [5, 5.41) is 7.45. The Morgan fingerprint density at radius 3 is 2.83 bits per heavy atom. The number of rotatable bonds is 4. The third-order valence-corrected chi connectivity index (χ3v) is 4.40. The summed E-state index contributed by atoms with van der Waals surface area (Å²) in [6, 6.07) is 4.01. The number of carbonyl (C=O) groups excluding carboxylic acids is 1. The lowest BCUT2D eigenvalue weighted by molar-refractivity contribution is 0.0933. The summed E-state index contributed by atoms with van der Waals surface area (Å²) >= 11 is 0. The molecule has 0 radical (unpaired) electrons. The number of hydrogen-bond donors (Lipinski definition) is 1. The van der Waals surface area contributed by atoms with Gasteiger partial charge in [0.05, 0.1) is 17.4 Å². The van der Waals surface area contributed by atoms with Crippen molar-refractivity contribution in [2.45, 2.75) is 52.4 Å². The van der Waals surface area contributed by atoms with E-state index in [-0.39, 0.29) is 11.9 Å². The molecule has 1 unspecified atom stereocenters. The fourth-order valence-electron chi connectivity index (χ4n) is 2.94. The second-order valence-corrected chi connectivity index (χ2v) is 6.49. The Hall–Kier alpha value is -2.28. The minimum absolute atomic E-state index is 0.169. The van der Waals surface area contributed by atoms with E-state index in [2.05, 4.69) is 39.1 Å². The molecular formula is C17H24N6O. The highest BCUT2D eigenvalue weighted by Gasteiger charge is 2.21. The van der Waals surface area contributed by atoms with Gasteiger partial charge in [0.15, 0.2) is 5.69 Å². The third-order valence-electron chi connectivity index (χ3n) is 4.40. The second kappa shape index (κ2) is 7.09. The number of aromatic nitrogens is 4. The first-order valence-corrected chi connectivity index (χ1v) is 8.42. The molecule has 128 valence electrons. The van der Waals surface area contributed by atoms with Crippen LogP contribution < -0.4 is 5.32 Å². The molecule has 1 N–H and O–H groups in total. The van der Waals surface area contributed by atoms with E-state index in [1.807, 2.05) is 17.7 Å². The molecule has 7 heteroatoms. The molecule has 0 spiro atoms. The summed E-state index contributed by atoms with van der Waals surface area (Å²) in [4.78, 5) is 23.0. The standard InChI is InChI=1S/C17H24N6O/c1-12(2)22-7-4-8-23-14(10-22)9-16(21-23)17(24)20-13(3)15-5-6-18-11-19-15/h5-6,9,11-13H,4,7-8,10H2,1-3H3,(H,20,24). The zero-order valence-electron chi connectivity index (χ0n) is 14.4. The van der Waals surface area contributed by atoms with Crippen LogP contribution in [0.15, 0.2) is 24.7 Å². The Morgan fingerprint density at radius 1 is 1.29 bits per heavy atom. The largest absolute Gasteiger partial charge is 0.343 e. The van der Waals surface area contributed by atoms with Crippen LogP contribution in [0.4, 0.5) is 0 Å². The van der Waals surface area contributed by atoms with Gasteiger partial charge in [-0.3, -0.25) is 14.4 Å². The first-order chi connectivity index (χ1) is 11.5. The van der Waals surface area contributed by atoms with Crippen molar-refractivity contribution in [1.82, 2.24) is 30.0 Å². The van der Waals surface area contributed by atoms with E-state index < -0.39 is 0 Å². The van der Waals surface area contributed by atoms with Gasteiger partial charge in [-0.1, -0.05) is 0 Å². The van der Waals surface area contributed by atoms with Crippen LogP contribution in [0.5, 0.6) is 0 Å². The van der Waals surface area contributed by atoms with Gasteiger partial charge in [0.25, 0.3) is 5.91 Å². The lowest BCUT2D eigenvalue weighted by Crippen LogP contribution is -2.30. The smallest absolute Gasteiger partial charge is 0.272 e. The summed E-state index contributed by atoms with van der Waals surface area (Å²) in [7, 11) is 0. The highest BCUT2D eigenvalue weighted by molar-refractivity contribution is 5.92. The summed E-state index contributed by atoms with van der Waals surface area (Å²) in [5.41, 5.74) is 2.35. The predicted octanol–water partition coefficient (Wildman–Crippen LogP) is 1.78. The molecule has 3 heterocycles. The van der Waals surface area contributed by atoms with Crippen molar-refractivity contribution in [2.75, 3.05) is 6.54 Å². The average Bonchev–Trinajstić information content (AvgIpc) is 2.87. The second-order valence-electron chi connectivity index (χ2n) is 6.49. The number of hydrogen-bond acceptors (Lipinski definition) is 5. The number of amides is 1. The fourth-order valence-corrected chi connectivity index (χ4v) is 2.94. The van der Waals surface area contributed by atoms with E-state index in [1.165, 1.54) is 6.33 Å². The summed E-state index contributed by atoms with van der Waals surface area (Å²) < 4.78 is 1.96. The number of nitrogens with zero attached hydrogens (tertiary/aromatic N) is 5. The zero-order chi connectivity index (χ0) is 17.1. The fraction of sp³-hybridized carbons (Fsp3) is 0.529. The van der Waals surface area contributed by atoms with Gasteiger partial charge in [0.1, 0.15) is 6.33 Å². The van der Waals surface area contributed by atoms with Crippen molar-refractivity contribution in [3.8, 4) is 0 Å². The molecule has 0 aromatic carbocycles. The molecule has 1 aliphatic rings. The van der Waals surface area contributed by atoms with Crippen molar-refractivity contribution in [1.29, 1.82) is 0 Å². The van der Waals surface area contributed by atoms with Gasteiger partial charge in [-0.05, 0) is 39.3 Å². The van der Waals surface area contributed by atoms with Crippen molar-refractivity contribution < 1.29 is 4.79 Å². The normalized spacial score (nSPS) is 16.5. The monoisotopic (exact) mass is 328 g/mol. The van der Waals surface area contributed by atoms with Gasteiger partial charge in [0.2, 0.25) is 0 Å². The molecule has 0 saturated carbocycles. The molecule has 0 aliphatic carbocycles. The quantitative estimate of drug-likeness (QED) is 0.926. The van der Waals surface area contributed by atoms with Gasteiger partial charge >= 0.3 is 0 Å². The predicted molar refractivity (Wildman–Crippen MR) is 90.3 cm³/mol. The van der Waals surface area contributed by atoms with E-state index in [0.29, 0.717) is 11.7 Å². The van der Waals surface area contributed by atoms with Gasteiger partial charge in [-0.2, -0.15) is 5.10 Å². The van der Waals surface area contributed by atoms with Crippen molar-refractivity contribution in [3.63, 3.8) is 0 Å². The van der Waals surface area contributed by atoms with E-state index in [4.69, 9.17) is 0 Å². The third kappa shape index (κ3) is 3.62. The zero-order valence-corrected chi connectivity index (χ0v) is 14.4. The molecule has 24 heavy (non-hydrogen) atoms. The average molecular weight is 328 g/mol. The topological polar surface area (TPSA) is 75.9 Å². The summed E-state index contributed by atoms with van der Waals surface area (Å²) in [6.07, 6.45) is 4.20.